The van der Waals surface area contributed by atoms with Crippen LogP contribution in [-0.2, 0) is 0 Å². The quantitative estimate of drug-likeness (QED) is 0.636. The molecule has 5 nitrogen and oxygen atoms in total. The van der Waals surface area contributed by atoms with E-state index in [2.05, 4.69) is 5.32 Å². The molecule has 2 rings (SSSR count). The van der Waals surface area contributed by atoms with Gasteiger partial charge in [0.25, 0.3) is 5.91 Å². The van der Waals surface area contributed by atoms with Crippen molar-refractivity contribution in [2.24, 2.45) is 0 Å². The Labute approximate surface area is 111 Å². The number of rotatable bonds is 5. The van der Waals surface area contributed by atoms with Crippen LogP contribution in [0.15, 0.2) is 40.8 Å². The number of amides is 1. The largest absolute Gasteiger partial charge is 0.490 e. The molecule has 1 aromatic carbocycles. The Morgan fingerprint density at radius 1 is 1.32 bits per heavy atom. The number of ether oxygens (including phenoxy) is 1. The van der Waals surface area contributed by atoms with E-state index in [0.717, 1.165) is 0 Å². The average molecular weight is 260 g/mol. The molecule has 0 fully saturated rings. The van der Waals surface area contributed by atoms with Crippen molar-refractivity contribution >= 4 is 11.6 Å². The molecule has 0 spiro atoms. The molecule has 3 N–H and O–H groups in total. The summed E-state index contributed by atoms with van der Waals surface area (Å²) in [4.78, 5) is 11.7. The van der Waals surface area contributed by atoms with Gasteiger partial charge in [-0.3, -0.25) is 4.79 Å². The SMILES string of the molecule is Cc1ccc(C(=O)NCCOc2ccccc2N)o1. The second-order valence-corrected chi connectivity index (χ2v) is 4.05. The molecule has 0 atom stereocenters. The molecule has 19 heavy (non-hydrogen) atoms. The molecule has 1 heterocycles. The lowest BCUT2D eigenvalue weighted by Gasteiger charge is -2.08. The lowest BCUT2D eigenvalue weighted by atomic mass is 10.3. The summed E-state index contributed by atoms with van der Waals surface area (Å²) in [6, 6.07) is 10.6. The summed E-state index contributed by atoms with van der Waals surface area (Å²) in [6.07, 6.45) is 0. The van der Waals surface area contributed by atoms with Gasteiger partial charge in [-0.25, -0.2) is 0 Å². The third-order valence-corrected chi connectivity index (χ3v) is 2.53. The van der Waals surface area contributed by atoms with Crippen molar-refractivity contribution in [1.29, 1.82) is 0 Å². The second kappa shape index (κ2) is 5.95. The van der Waals surface area contributed by atoms with Crippen LogP contribution in [-0.4, -0.2) is 19.1 Å². The molecule has 0 aliphatic carbocycles. The van der Waals surface area contributed by atoms with Gasteiger partial charge in [0.2, 0.25) is 0 Å². The summed E-state index contributed by atoms with van der Waals surface area (Å²) in [6.45, 7) is 2.52. The Bertz CT molecular complexity index is 563. The maximum absolute atomic E-state index is 11.7. The van der Waals surface area contributed by atoms with E-state index in [1.54, 1.807) is 31.2 Å². The average Bonchev–Trinajstić information content (AvgIpc) is 2.83. The highest BCUT2D eigenvalue weighted by Gasteiger charge is 2.08. The topological polar surface area (TPSA) is 77.5 Å². The predicted octanol–water partition coefficient (Wildman–Crippen LogP) is 1.98. The number of nitrogens with one attached hydrogen (secondary N) is 1. The Hall–Kier alpha value is -2.43. The minimum absolute atomic E-state index is 0.252. The Balaban J connectivity index is 1.75. The van der Waals surface area contributed by atoms with Crippen LogP contribution >= 0.6 is 0 Å². The molecule has 1 amide bonds. The van der Waals surface area contributed by atoms with E-state index < -0.39 is 0 Å². The first kappa shape index (κ1) is 13.0. The Morgan fingerprint density at radius 3 is 2.79 bits per heavy atom. The Morgan fingerprint density at radius 2 is 2.11 bits per heavy atom. The van der Waals surface area contributed by atoms with Crippen LogP contribution in [0.5, 0.6) is 5.75 Å². The molecular weight excluding hydrogens is 244 g/mol. The van der Waals surface area contributed by atoms with Crippen molar-refractivity contribution in [1.82, 2.24) is 5.32 Å². The van der Waals surface area contributed by atoms with Crippen molar-refractivity contribution < 1.29 is 13.9 Å². The number of aryl methyl sites for hydroxylation is 1. The molecule has 100 valence electrons. The predicted molar refractivity (Wildman–Crippen MR) is 72.1 cm³/mol. The highest BCUT2D eigenvalue weighted by Crippen LogP contribution is 2.19. The lowest BCUT2D eigenvalue weighted by Crippen LogP contribution is -2.27. The molecule has 0 radical (unpaired) electrons. The van der Waals surface area contributed by atoms with E-state index in [0.29, 0.717) is 36.1 Å². The molecule has 2 aromatic rings. The van der Waals surface area contributed by atoms with Gasteiger partial charge in [-0.05, 0) is 31.2 Å². The summed E-state index contributed by atoms with van der Waals surface area (Å²) in [7, 11) is 0. The number of furan rings is 1. The van der Waals surface area contributed by atoms with E-state index in [4.69, 9.17) is 14.9 Å². The normalized spacial score (nSPS) is 10.2. The van der Waals surface area contributed by atoms with Crippen molar-refractivity contribution in [2.45, 2.75) is 6.92 Å². The number of carbonyl (C=O) groups excluding carboxylic acids is 1. The fraction of sp³-hybridized carbons (Fsp3) is 0.214. The number of anilines is 1. The molecule has 0 aliphatic heterocycles. The lowest BCUT2D eigenvalue weighted by molar-refractivity contribution is 0.0918. The van der Waals surface area contributed by atoms with Gasteiger partial charge in [-0.15, -0.1) is 0 Å². The number of nitrogen functional groups attached to an aromatic ring is 1. The first-order valence-corrected chi connectivity index (χ1v) is 5.99. The van der Waals surface area contributed by atoms with Gasteiger partial charge in [0.1, 0.15) is 18.1 Å². The number of hydrogen-bond donors (Lipinski definition) is 2. The third-order valence-electron chi connectivity index (χ3n) is 2.53. The van der Waals surface area contributed by atoms with E-state index in [-0.39, 0.29) is 5.91 Å². The first-order chi connectivity index (χ1) is 9.16. The first-order valence-electron chi connectivity index (χ1n) is 5.99. The van der Waals surface area contributed by atoms with Gasteiger partial charge in [0, 0.05) is 0 Å². The maximum atomic E-state index is 11.7. The number of nitrogens with two attached hydrogens (primary N) is 1. The molecular formula is C14H16N2O3. The summed E-state index contributed by atoms with van der Waals surface area (Å²) in [5.41, 5.74) is 6.31. The van der Waals surface area contributed by atoms with E-state index in [9.17, 15) is 4.79 Å². The zero-order chi connectivity index (χ0) is 13.7. The number of carbonyl (C=O) groups is 1. The summed E-state index contributed by atoms with van der Waals surface area (Å²) >= 11 is 0. The fourth-order valence-corrected chi connectivity index (χ4v) is 1.58. The number of para-hydroxylation sites is 2. The molecule has 0 bridgehead atoms. The van der Waals surface area contributed by atoms with Gasteiger partial charge < -0.3 is 20.2 Å². The van der Waals surface area contributed by atoms with Crippen molar-refractivity contribution in [3.05, 3.63) is 47.9 Å². The van der Waals surface area contributed by atoms with Crippen LogP contribution in [0.25, 0.3) is 0 Å². The standard InChI is InChI=1S/C14H16N2O3/c1-10-6-7-13(19-10)14(17)16-8-9-18-12-5-3-2-4-11(12)15/h2-7H,8-9,15H2,1H3,(H,16,17). The van der Waals surface area contributed by atoms with Gasteiger partial charge in [-0.2, -0.15) is 0 Å². The highest BCUT2D eigenvalue weighted by atomic mass is 16.5. The van der Waals surface area contributed by atoms with E-state index in [1.165, 1.54) is 0 Å². The number of benzene rings is 1. The van der Waals surface area contributed by atoms with Crippen LogP contribution in [0.4, 0.5) is 5.69 Å². The molecule has 0 saturated heterocycles. The molecule has 0 aliphatic rings. The number of hydrogen-bond acceptors (Lipinski definition) is 4. The van der Waals surface area contributed by atoms with Crippen LogP contribution in [0, 0.1) is 6.92 Å². The summed E-state index contributed by atoms with van der Waals surface area (Å²) in [5.74, 6) is 1.37. The van der Waals surface area contributed by atoms with Crippen molar-refractivity contribution in [3.8, 4) is 5.75 Å². The van der Waals surface area contributed by atoms with Gasteiger partial charge >= 0.3 is 0 Å². The third kappa shape index (κ3) is 3.51. The zero-order valence-electron chi connectivity index (χ0n) is 10.7. The minimum atomic E-state index is -0.252. The van der Waals surface area contributed by atoms with Gasteiger partial charge in [-0.1, -0.05) is 12.1 Å². The molecule has 0 unspecified atom stereocenters. The minimum Gasteiger partial charge on any atom is -0.490 e. The zero-order valence-corrected chi connectivity index (χ0v) is 10.7. The van der Waals surface area contributed by atoms with E-state index >= 15 is 0 Å². The summed E-state index contributed by atoms with van der Waals surface area (Å²) in [5, 5.41) is 2.70. The van der Waals surface area contributed by atoms with Crippen LogP contribution < -0.4 is 15.8 Å². The van der Waals surface area contributed by atoms with Gasteiger partial charge in [0.05, 0.1) is 12.2 Å². The second-order valence-electron chi connectivity index (χ2n) is 4.05. The smallest absolute Gasteiger partial charge is 0.287 e. The fourth-order valence-electron chi connectivity index (χ4n) is 1.58. The maximum Gasteiger partial charge on any atom is 0.287 e. The molecule has 0 saturated carbocycles. The van der Waals surface area contributed by atoms with Crippen LogP contribution in [0.3, 0.4) is 0 Å². The highest BCUT2D eigenvalue weighted by molar-refractivity contribution is 5.91. The molecule has 1 aromatic heterocycles. The van der Waals surface area contributed by atoms with Gasteiger partial charge in [0.15, 0.2) is 5.76 Å². The monoisotopic (exact) mass is 260 g/mol. The Kier molecular flexibility index (Phi) is 4.07. The van der Waals surface area contributed by atoms with Crippen molar-refractivity contribution in [2.75, 3.05) is 18.9 Å². The van der Waals surface area contributed by atoms with Crippen molar-refractivity contribution in [3.63, 3.8) is 0 Å². The molecule has 5 heteroatoms. The van der Waals surface area contributed by atoms with Crippen LogP contribution in [0.2, 0.25) is 0 Å². The summed E-state index contributed by atoms with van der Waals surface area (Å²) < 4.78 is 10.7. The van der Waals surface area contributed by atoms with E-state index in [1.807, 2.05) is 12.1 Å². The van der Waals surface area contributed by atoms with Crippen LogP contribution in [0.1, 0.15) is 16.3 Å².